The van der Waals surface area contributed by atoms with Gasteiger partial charge in [-0.2, -0.15) is 0 Å². The van der Waals surface area contributed by atoms with E-state index in [1.165, 1.54) is 0 Å². The minimum atomic E-state index is -1.49. The van der Waals surface area contributed by atoms with Gasteiger partial charge >= 0.3 is 0 Å². The highest BCUT2D eigenvalue weighted by atomic mass is 35.5. The second kappa shape index (κ2) is 5.52. The van der Waals surface area contributed by atoms with Crippen LogP contribution >= 0.6 is 12.4 Å². The number of benzene rings is 1. The van der Waals surface area contributed by atoms with Gasteiger partial charge in [0.15, 0.2) is 5.60 Å². The first-order chi connectivity index (χ1) is 8.39. The molecule has 2 rings (SSSR count). The van der Waals surface area contributed by atoms with Crippen molar-refractivity contribution in [3.8, 4) is 12.3 Å². The average Bonchev–Trinajstić information content (AvgIpc) is 2.34. The Hall–Kier alpha value is -1.05. The minimum absolute atomic E-state index is 0. The van der Waals surface area contributed by atoms with Crippen LogP contribution in [0.2, 0.25) is 0 Å². The van der Waals surface area contributed by atoms with E-state index in [9.17, 15) is 10.2 Å². The number of likely N-dealkylation sites (tertiary alicyclic amines) is 1. The van der Waals surface area contributed by atoms with Crippen molar-refractivity contribution in [2.45, 2.75) is 30.6 Å². The largest absolute Gasteiger partial charge is 0.385 e. The summed E-state index contributed by atoms with van der Waals surface area (Å²) in [6.45, 7) is 1.93. The summed E-state index contributed by atoms with van der Waals surface area (Å²) in [7, 11) is 1.93. The lowest BCUT2D eigenvalue weighted by atomic mass is 9.74. The Morgan fingerprint density at radius 2 is 1.89 bits per heavy atom. The SMILES string of the molecule is C#CC1(O)CC(c2ccccc2)N(C)CC1(C)O.Cl. The van der Waals surface area contributed by atoms with Crippen LogP contribution in [0.4, 0.5) is 0 Å². The lowest BCUT2D eigenvalue weighted by Crippen LogP contribution is -2.62. The number of terminal acetylenes is 1. The molecule has 4 heteroatoms. The fraction of sp³-hybridized carbons (Fsp3) is 0.467. The standard InChI is InChI=1S/C15H19NO2.ClH/c1-4-15(18)10-13(12-8-6-5-7-9-12)16(3)11-14(15,2)17;/h1,5-9,13,17-18H,10-11H2,2-3H3;1H. The Morgan fingerprint density at radius 1 is 1.32 bits per heavy atom. The van der Waals surface area contributed by atoms with Crippen molar-refractivity contribution in [2.75, 3.05) is 13.6 Å². The van der Waals surface area contributed by atoms with Crippen molar-refractivity contribution in [1.82, 2.24) is 4.90 Å². The van der Waals surface area contributed by atoms with E-state index < -0.39 is 11.2 Å². The molecule has 19 heavy (non-hydrogen) atoms. The molecule has 0 bridgehead atoms. The molecule has 0 aromatic heterocycles. The Balaban J connectivity index is 0.00000180. The van der Waals surface area contributed by atoms with Gasteiger partial charge in [-0.15, -0.1) is 18.8 Å². The van der Waals surface area contributed by atoms with Crippen LogP contribution in [0.5, 0.6) is 0 Å². The lowest BCUT2D eigenvalue weighted by molar-refractivity contribution is -0.159. The van der Waals surface area contributed by atoms with Gasteiger partial charge in [-0.05, 0) is 19.5 Å². The van der Waals surface area contributed by atoms with Gasteiger partial charge in [0.2, 0.25) is 0 Å². The molecule has 1 aliphatic heterocycles. The fourth-order valence-corrected chi connectivity index (χ4v) is 2.64. The van der Waals surface area contributed by atoms with Crippen LogP contribution in [0, 0.1) is 12.3 Å². The number of hydrogen-bond donors (Lipinski definition) is 2. The fourth-order valence-electron chi connectivity index (χ4n) is 2.64. The highest BCUT2D eigenvalue weighted by Crippen LogP contribution is 2.40. The van der Waals surface area contributed by atoms with E-state index in [1.54, 1.807) is 6.92 Å². The smallest absolute Gasteiger partial charge is 0.156 e. The summed E-state index contributed by atoms with van der Waals surface area (Å²) in [6.07, 6.45) is 5.75. The van der Waals surface area contributed by atoms with Gasteiger partial charge < -0.3 is 10.2 Å². The molecule has 1 aliphatic rings. The molecule has 2 N–H and O–H groups in total. The van der Waals surface area contributed by atoms with Crippen LogP contribution in [-0.2, 0) is 0 Å². The van der Waals surface area contributed by atoms with Crippen LogP contribution in [0.3, 0.4) is 0 Å². The van der Waals surface area contributed by atoms with Crippen molar-refractivity contribution in [1.29, 1.82) is 0 Å². The van der Waals surface area contributed by atoms with E-state index in [1.807, 2.05) is 42.3 Å². The predicted octanol–water partition coefficient (Wildman–Crippen LogP) is 1.60. The zero-order valence-electron chi connectivity index (χ0n) is 11.2. The number of aliphatic hydroxyl groups is 2. The van der Waals surface area contributed by atoms with Crippen molar-refractivity contribution < 1.29 is 10.2 Å². The van der Waals surface area contributed by atoms with E-state index >= 15 is 0 Å². The summed E-state index contributed by atoms with van der Waals surface area (Å²) in [5.41, 5.74) is -1.67. The number of halogens is 1. The molecule has 0 aliphatic carbocycles. The van der Waals surface area contributed by atoms with Crippen LogP contribution < -0.4 is 0 Å². The summed E-state index contributed by atoms with van der Waals surface area (Å²) >= 11 is 0. The summed E-state index contributed by atoms with van der Waals surface area (Å²) < 4.78 is 0. The zero-order chi connectivity index (χ0) is 13.4. The summed E-state index contributed by atoms with van der Waals surface area (Å²) in [5, 5.41) is 20.7. The number of rotatable bonds is 1. The highest BCUT2D eigenvalue weighted by Gasteiger charge is 2.51. The lowest BCUT2D eigenvalue weighted by Gasteiger charge is -2.49. The van der Waals surface area contributed by atoms with Gasteiger partial charge in [0.05, 0.1) is 0 Å². The molecule has 104 valence electrons. The second-order valence-corrected chi connectivity index (χ2v) is 5.32. The van der Waals surface area contributed by atoms with Gasteiger partial charge in [-0.25, -0.2) is 0 Å². The van der Waals surface area contributed by atoms with Gasteiger partial charge in [0.25, 0.3) is 0 Å². The number of β-amino-alcohol motifs (C(OH)–C–C–N with tert-alkyl or cyclic N) is 1. The summed E-state index contributed by atoms with van der Waals surface area (Å²) in [4.78, 5) is 2.03. The predicted molar refractivity (Wildman–Crippen MR) is 78.1 cm³/mol. The molecule has 0 saturated carbocycles. The van der Waals surface area contributed by atoms with E-state index in [-0.39, 0.29) is 18.4 Å². The average molecular weight is 282 g/mol. The maximum absolute atomic E-state index is 10.4. The highest BCUT2D eigenvalue weighted by molar-refractivity contribution is 5.85. The molecular formula is C15H20ClNO2. The molecule has 3 nitrogen and oxygen atoms in total. The van der Waals surface area contributed by atoms with Crippen LogP contribution in [0.25, 0.3) is 0 Å². The molecule has 1 saturated heterocycles. The monoisotopic (exact) mass is 281 g/mol. The third kappa shape index (κ3) is 2.77. The minimum Gasteiger partial charge on any atom is -0.385 e. The van der Waals surface area contributed by atoms with E-state index in [4.69, 9.17) is 6.42 Å². The van der Waals surface area contributed by atoms with Crippen molar-refractivity contribution in [3.63, 3.8) is 0 Å². The second-order valence-electron chi connectivity index (χ2n) is 5.32. The van der Waals surface area contributed by atoms with Gasteiger partial charge in [-0.3, -0.25) is 4.90 Å². The molecule has 3 atom stereocenters. The normalized spacial score (nSPS) is 35.2. The Kier molecular flexibility index (Phi) is 4.65. The Morgan fingerprint density at radius 3 is 2.42 bits per heavy atom. The molecule has 1 heterocycles. The number of likely N-dealkylation sites (N-methyl/N-ethyl adjacent to an activating group) is 1. The van der Waals surface area contributed by atoms with Crippen LogP contribution in [0.15, 0.2) is 30.3 Å². The van der Waals surface area contributed by atoms with Crippen molar-refractivity contribution in [2.24, 2.45) is 0 Å². The van der Waals surface area contributed by atoms with Gasteiger partial charge in [0, 0.05) is 19.0 Å². The number of piperidine rings is 1. The van der Waals surface area contributed by atoms with Gasteiger partial charge in [-0.1, -0.05) is 36.3 Å². The maximum Gasteiger partial charge on any atom is 0.156 e. The van der Waals surface area contributed by atoms with E-state index in [0.29, 0.717) is 13.0 Å². The molecular weight excluding hydrogens is 262 g/mol. The third-order valence-electron chi connectivity index (χ3n) is 3.89. The quantitative estimate of drug-likeness (QED) is 0.769. The molecule has 3 unspecified atom stereocenters. The molecule has 0 spiro atoms. The molecule has 1 aromatic rings. The molecule has 0 amide bonds. The van der Waals surface area contributed by atoms with Gasteiger partial charge in [0.1, 0.15) is 5.60 Å². The van der Waals surface area contributed by atoms with E-state index in [0.717, 1.165) is 5.56 Å². The number of hydrogen-bond acceptors (Lipinski definition) is 3. The molecule has 0 radical (unpaired) electrons. The Bertz CT molecular complexity index is 469. The zero-order valence-corrected chi connectivity index (χ0v) is 12.0. The first-order valence-electron chi connectivity index (χ1n) is 6.07. The summed E-state index contributed by atoms with van der Waals surface area (Å²) in [5.74, 6) is 2.37. The molecule has 1 fully saturated rings. The molecule has 1 aromatic carbocycles. The number of nitrogens with zero attached hydrogens (tertiary/aromatic N) is 1. The summed E-state index contributed by atoms with van der Waals surface area (Å²) in [6, 6.07) is 9.93. The van der Waals surface area contributed by atoms with E-state index in [2.05, 4.69) is 5.92 Å². The Labute approximate surface area is 120 Å². The topological polar surface area (TPSA) is 43.7 Å². The van der Waals surface area contributed by atoms with Crippen LogP contribution in [0.1, 0.15) is 24.9 Å². The first-order valence-corrected chi connectivity index (χ1v) is 6.07. The van der Waals surface area contributed by atoms with Crippen molar-refractivity contribution in [3.05, 3.63) is 35.9 Å². The van der Waals surface area contributed by atoms with Crippen LogP contribution in [-0.4, -0.2) is 39.9 Å². The maximum atomic E-state index is 10.4. The first kappa shape index (κ1) is 16.0. The van der Waals surface area contributed by atoms with Crippen molar-refractivity contribution >= 4 is 12.4 Å². The third-order valence-corrected chi connectivity index (χ3v) is 3.89.